The van der Waals surface area contributed by atoms with Crippen LogP contribution in [-0.2, 0) is 11.2 Å². The summed E-state index contributed by atoms with van der Waals surface area (Å²) in [5, 5.41) is 0. The van der Waals surface area contributed by atoms with Crippen molar-refractivity contribution in [2.45, 2.75) is 44.2 Å². The molecule has 0 N–H and O–H groups in total. The van der Waals surface area contributed by atoms with Crippen LogP contribution in [0.25, 0.3) is 0 Å². The van der Waals surface area contributed by atoms with E-state index in [4.69, 9.17) is 9.47 Å². The predicted molar refractivity (Wildman–Crippen MR) is 78.9 cm³/mol. The molecule has 0 radical (unpaired) electrons. The van der Waals surface area contributed by atoms with Crippen molar-refractivity contribution in [3.8, 4) is 11.5 Å². The highest BCUT2D eigenvalue weighted by molar-refractivity contribution is 5.80. The van der Waals surface area contributed by atoms with E-state index >= 15 is 0 Å². The van der Waals surface area contributed by atoms with Gasteiger partial charge in [-0.05, 0) is 37.0 Å². The van der Waals surface area contributed by atoms with Crippen LogP contribution in [0.1, 0.15) is 31.2 Å². The van der Waals surface area contributed by atoms with Gasteiger partial charge < -0.3 is 9.47 Å². The number of rotatable bonds is 3. The van der Waals surface area contributed by atoms with Crippen LogP contribution in [0, 0.1) is 0 Å². The van der Waals surface area contributed by atoms with Crippen molar-refractivity contribution >= 4 is 5.78 Å². The topological polar surface area (TPSA) is 38.8 Å². The third kappa shape index (κ3) is 2.53. The van der Waals surface area contributed by atoms with E-state index in [1.54, 1.807) is 0 Å². The first kappa shape index (κ1) is 13.1. The second-order valence-corrected chi connectivity index (χ2v) is 6.30. The molecular formula is C17H21NO3. The molecule has 0 saturated carbocycles. The first-order chi connectivity index (χ1) is 10.3. The van der Waals surface area contributed by atoms with Gasteiger partial charge in [0, 0.05) is 31.5 Å². The molecule has 0 spiro atoms. The summed E-state index contributed by atoms with van der Waals surface area (Å²) in [5.74, 6) is 2.18. The summed E-state index contributed by atoms with van der Waals surface area (Å²) in [4.78, 5) is 14.2. The first-order valence-electron chi connectivity index (χ1n) is 7.95. The van der Waals surface area contributed by atoms with Crippen LogP contribution >= 0.6 is 0 Å². The van der Waals surface area contributed by atoms with Gasteiger partial charge in [-0.1, -0.05) is 6.07 Å². The summed E-state index contributed by atoms with van der Waals surface area (Å²) >= 11 is 0. The summed E-state index contributed by atoms with van der Waals surface area (Å²) in [7, 11) is 0. The molecule has 21 heavy (non-hydrogen) atoms. The average Bonchev–Trinajstić information content (AvgIpc) is 2.75. The lowest BCUT2D eigenvalue weighted by atomic mass is 10.0. The van der Waals surface area contributed by atoms with Crippen LogP contribution < -0.4 is 9.47 Å². The molecule has 1 aromatic rings. The molecule has 0 aromatic heterocycles. The molecule has 2 saturated heterocycles. The molecule has 2 fully saturated rings. The fourth-order valence-corrected chi connectivity index (χ4v) is 3.93. The SMILES string of the molecule is O=C1CC2CCC(C1)N2CCc1ccc2c(c1)OCCO2. The molecule has 1 aromatic carbocycles. The van der Waals surface area contributed by atoms with Crippen LogP contribution in [0.4, 0.5) is 0 Å². The van der Waals surface area contributed by atoms with Gasteiger partial charge in [0.2, 0.25) is 0 Å². The molecule has 112 valence electrons. The minimum absolute atomic E-state index is 0.457. The molecular weight excluding hydrogens is 266 g/mol. The largest absolute Gasteiger partial charge is 0.486 e. The maximum atomic E-state index is 11.6. The van der Waals surface area contributed by atoms with Crippen molar-refractivity contribution < 1.29 is 14.3 Å². The molecule has 3 heterocycles. The third-order valence-electron chi connectivity index (χ3n) is 4.96. The normalized spacial score (nSPS) is 27.9. The number of piperidine rings is 1. The van der Waals surface area contributed by atoms with Crippen molar-refractivity contribution in [3.63, 3.8) is 0 Å². The Kier molecular flexibility index (Phi) is 3.34. The van der Waals surface area contributed by atoms with Gasteiger partial charge in [-0.3, -0.25) is 9.69 Å². The Balaban J connectivity index is 1.42. The van der Waals surface area contributed by atoms with E-state index in [9.17, 15) is 4.79 Å². The smallest absolute Gasteiger partial charge is 0.161 e. The molecule has 4 heteroatoms. The van der Waals surface area contributed by atoms with Gasteiger partial charge in [0.25, 0.3) is 0 Å². The Labute approximate surface area is 125 Å². The number of Topliss-reactive ketones (excluding diaryl/α,β-unsaturated/α-hetero) is 1. The second-order valence-electron chi connectivity index (χ2n) is 6.30. The third-order valence-corrected chi connectivity index (χ3v) is 4.96. The van der Waals surface area contributed by atoms with Crippen LogP contribution in [0.15, 0.2) is 18.2 Å². The lowest BCUT2D eigenvalue weighted by molar-refractivity contribution is -0.123. The van der Waals surface area contributed by atoms with Crippen LogP contribution in [0.3, 0.4) is 0 Å². The number of benzene rings is 1. The number of ketones is 1. The van der Waals surface area contributed by atoms with E-state index in [0.29, 0.717) is 31.1 Å². The van der Waals surface area contributed by atoms with E-state index < -0.39 is 0 Å². The van der Waals surface area contributed by atoms with E-state index in [2.05, 4.69) is 17.0 Å². The van der Waals surface area contributed by atoms with Crippen LogP contribution in [-0.4, -0.2) is 42.5 Å². The maximum absolute atomic E-state index is 11.6. The monoisotopic (exact) mass is 287 g/mol. The molecule has 3 aliphatic heterocycles. The van der Waals surface area contributed by atoms with Crippen LogP contribution in [0.2, 0.25) is 0 Å². The first-order valence-corrected chi connectivity index (χ1v) is 7.95. The summed E-state index contributed by atoms with van der Waals surface area (Å²) in [6, 6.07) is 7.23. The minimum atomic E-state index is 0.457. The van der Waals surface area contributed by atoms with E-state index in [1.165, 1.54) is 18.4 Å². The zero-order valence-corrected chi connectivity index (χ0v) is 12.2. The Hall–Kier alpha value is -1.55. The van der Waals surface area contributed by atoms with Crippen molar-refractivity contribution in [1.82, 2.24) is 4.90 Å². The summed E-state index contributed by atoms with van der Waals surface area (Å²) in [5.41, 5.74) is 1.29. The van der Waals surface area contributed by atoms with Crippen molar-refractivity contribution in [2.75, 3.05) is 19.8 Å². The molecule has 2 atom stereocenters. The minimum Gasteiger partial charge on any atom is -0.486 e. The summed E-state index contributed by atoms with van der Waals surface area (Å²) < 4.78 is 11.2. The fraction of sp³-hybridized carbons (Fsp3) is 0.588. The average molecular weight is 287 g/mol. The lowest BCUT2D eigenvalue weighted by Gasteiger charge is -2.34. The Bertz CT molecular complexity index is 541. The van der Waals surface area contributed by atoms with Gasteiger partial charge in [-0.15, -0.1) is 0 Å². The van der Waals surface area contributed by atoms with Gasteiger partial charge >= 0.3 is 0 Å². The molecule has 0 aliphatic carbocycles. The molecule has 2 unspecified atom stereocenters. The standard InChI is InChI=1S/C17H21NO3/c19-15-10-13-2-3-14(11-15)18(13)6-5-12-1-4-16-17(9-12)21-8-7-20-16/h1,4,9,13-14H,2-3,5-8,10-11H2. The van der Waals surface area contributed by atoms with E-state index in [1.807, 2.05) is 6.07 Å². The molecule has 4 rings (SSSR count). The predicted octanol–water partition coefficient (Wildman–Crippen LogP) is 2.20. The number of nitrogens with zero attached hydrogens (tertiary/aromatic N) is 1. The number of ether oxygens (including phenoxy) is 2. The lowest BCUT2D eigenvalue weighted by Crippen LogP contribution is -2.44. The van der Waals surface area contributed by atoms with Gasteiger partial charge in [-0.25, -0.2) is 0 Å². The maximum Gasteiger partial charge on any atom is 0.161 e. The summed E-state index contributed by atoms with van der Waals surface area (Å²) in [6.45, 7) is 2.31. The van der Waals surface area contributed by atoms with Crippen molar-refractivity contribution in [3.05, 3.63) is 23.8 Å². The second kappa shape index (κ2) is 5.34. The number of carbonyl (C=O) groups is 1. The molecule has 0 amide bonds. The fourth-order valence-electron chi connectivity index (χ4n) is 3.93. The molecule has 3 aliphatic rings. The molecule has 2 bridgehead atoms. The Morgan fingerprint density at radius 1 is 1.05 bits per heavy atom. The zero-order chi connectivity index (χ0) is 14.2. The van der Waals surface area contributed by atoms with Crippen molar-refractivity contribution in [1.29, 1.82) is 0 Å². The quantitative estimate of drug-likeness (QED) is 0.854. The highest BCUT2D eigenvalue weighted by Gasteiger charge is 2.39. The number of carbonyl (C=O) groups excluding carboxylic acids is 1. The summed E-state index contributed by atoms with van der Waals surface area (Å²) in [6.07, 6.45) is 4.92. The number of hydrogen-bond donors (Lipinski definition) is 0. The van der Waals surface area contributed by atoms with Gasteiger partial charge in [-0.2, -0.15) is 0 Å². The van der Waals surface area contributed by atoms with E-state index in [-0.39, 0.29) is 0 Å². The Morgan fingerprint density at radius 3 is 2.52 bits per heavy atom. The number of hydrogen-bond acceptors (Lipinski definition) is 4. The Morgan fingerprint density at radius 2 is 1.76 bits per heavy atom. The van der Waals surface area contributed by atoms with Gasteiger partial charge in [0.15, 0.2) is 11.5 Å². The zero-order valence-electron chi connectivity index (χ0n) is 12.2. The highest BCUT2D eigenvalue weighted by atomic mass is 16.6. The van der Waals surface area contributed by atoms with Gasteiger partial charge in [0.05, 0.1) is 0 Å². The van der Waals surface area contributed by atoms with Crippen molar-refractivity contribution in [2.24, 2.45) is 0 Å². The molecule has 4 nitrogen and oxygen atoms in total. The van der Waals surface area contributed by atoms with Crippen LogP contribution in [0.5, 0.6) is 11.5 Å². The number of fused-ring (bicyclic) bond motifs is 3. The highest BCUT2D eigenvalue weighted by Crippen LogP contribution is 2.35. The van der Waals surface area contributed by atoms with E-state index in [0.717, 1.165) is 37.3 Å². The van der Waals surface area contributed by atoms with Gasteiger partial charge in [0.1, 0.15) is 19.0 Å².